The lowest BCUT2D eigenvalue weighted by molar-refractivity contribution is -0.167. The van der Waals surface area contributed by atoms with Crippen molar-refractivity contribution in [1.29, 1.82) is 0 Å². The van der Waals surface area contributed by atoms with Crippen LogP contribution in [0.1, 0.15) is 290 Å². The Morgan fingerprint density at radius 1 is 0.304 bits per heavy atom. The highest BCUT2D eigenvalue weighted by atomic mass is 16.6. The first-order valence-corrected chi connectivity index (χ1v) is 29.4. The molecule has 0 aliphatic carbocycles. The van der Waals surface area contributed by atoms with Crippen molar-refractivity contribution in [2.45, 2.75) is 297 Å². The summed E-state index contributed by atoms with van der Waals surface area (Å²) < 4.78 is 16.8. The molecule has 0 bridgehead atoms. The Kier molecular flexibility index (Phi) is 54.8. The number of unbranched alkanes of at least 4 members (excludes halogenated alkanes) is 30. The Morgan fingerprint density at radius 2 is 0.565 bits per heavy atom. The highest BCUT2D eigenvalue weighted by Gasteiger charge is 2.19. The minimum atomic E-state index is -0.790. The van der Waals surface area contributed by atoms with Crippen molar-refractivity contribution in [2.24, 2.45) is 0 Å². The third-order valence-corrected chi connectivity index (χ3v) is 12.7. The molecule has 0 spiro atoms. The van der Waals surface area contributed by atoms with E-state index in [4.69, 9.17) is 14.2 Å². The van der Waals surface area contributed by atoms with E-state index in [0.717, 1.165) is 96.3 Å². The molecular formula is C63H110O6. The summed E-state index contributed by atoms with van der Waals surface area (Å²) in [5.74, 6) is -0.918. The van der Waals surface area contributed by atoms with E-state index in [1.54, 1.807) is 0 Å². The number of hydrogen-bond acceptors (Lipinski definition) is 6. The number of allylic oxidation sites excluding steroid dienone is 12. The molecule has 1 unspecified atom stereocenters. The maximum absolute atomic E-state index is 12.9. The van der Waals surface area contributed by atoms with E-state index in [-0.39, 0.29) is 31.1 Å². The summed E-state index contributed by atoms with van der Waals surface area (Å²) in [4.78, 5) is 38.1. The average molecular weight is 964 g/mol. The zero-order valence-electron chi connectivity index (χ0n) is 45.6. The van der Waals surface area contributed by atoms with Crippen LogP contribution in [0, 0.1) is 0 Å². The van der Waals surface area contributed by atoms with Gasteiger partial charge in [0.05, 0.1) is 0 Å². The maximum atomic E-state index is 12.9. The normalized spacial score (nSPS) is 12.6. The molecule has 0 aromatic heterocycles. The zero-order chi connectivity index (χ0) is 50.0. The van der Waals surface area contributed by atoms with Crippen LogP contribution >= 0.6 is 0 Å². The average Bonchev–Trinajstić information content (AvgIpc) is 3.35. The first-order chi connectivity index (χ1) is 34.0. The molecule has 69 heavy (non-hydrogen) atoms. The van der Waals surface area contributed by atoms with Crippen molar-refractivity contribution in [1.82, 2.24) is 0 Å². The first-order valence-electron chi connectivity index (χ1n) is 29.4. The highest BCUT2D eigenvalue weighted by molar-refractivity contribution is 5.71. The van der Waals surface area contributed by atoms with Crippen molar-refractivity contribution in [3.63, 3.8) is 0 Å². The van der Waals surface area contributed by atoms with E-state index >= 15 is 0 Å². The Morgan fingerprint density at radius 3 is 0.884 bits per heavy atom. The molecule has 1 atom stereocenters. The molecule has 0 aliphatic rings. The molecule has 0 heterocycles. The molecule has 0 rings (SSSR count). The second-order valence-electron chi connectivity index (χ2n) is 19.5. The molecule has 0 aliphatic heterocycles. The van der Waals surface area contributed by atoms with Gasteiger partial charge in [0.15, 0.2) is 6.10 Å². The monoisotopic (exact) mass is 963 g/mol. The van der Waals surface area contributed by atoms with Crippen LogP contribution in [0.15, 0.2) is 72.9 Å². The number of carbonyl (C=O) groups excluding carboxylic acids is 3. The topological polar surface area (TPSA) is 78.9 Å². The van der Waals surface area contributed by atoms with Crippen LogP contribution in [0.2, 0.25) is 0 Å². The largest absolute Gasteiger partial charge is 0.462 e. The fourth-order valence-electron chi connectivity index (χ4n) is 8.33. The Balaban J connectivity index is 4.40. The summed E-state index contributed by atoms with van der Waals surface area (Å²) in [7, 11) is 0. The van der Waals surface area contributed by atoms with E-state index in [2.05, 4.69) is 93.7 Å². The second kappa shape index (κ2) is 57.4. The summed E-state index contributed by atoms with van der Waals surface area (Å²) in [5.41, 5.74) is 0. The molecule has 0 amide bonds. The number of rotatable bonds is 53. The Bertz CT molecular complexity index is 1290. The molecule has 0 saturated heterocycles. The van der Waals surface area contributed by atoms with E-state index in [1.165, 1.54) is 154 Å². The van der Waals surface area contributed by atoms with Gasteiger partial charge in [0.25, 0.3) is 0 Å². The fraction of sp³-hybridized carbons (Fsp3) is 0.762. The predicted octanol–water partition coefficient (Wildman–Crippen LogP) is 19.8. The van der Waals surface area contributed by atoms with Crippen molar-refractivity contribution >= 4 is 17.9 Å². The summed E-state index contributed by atoms with van der Waals surface area (Å²) in [6, 6.07) is 0. The van der Waals surface area contributed by atoms with Crippen LogP contribution in [0.4, 0.5) is 0 Å². The Labute approximate surface area is 427 Å². The quantitative estimate of drug-likeness (QED) is 0.0262. The van der Waals surface area contributed by atoms with E-state index in [1.807, 2.05) is 0 Å². The second-order valence-corrected chi connectivity index (χ2v) is 19.5. The summed E-state index contributed by atoms with van der Waals surface area (Å²) in [6.07, 6.45) is 73.2. The number of ether oxygens (including phenoxy) is 3. The molecule has 0 radical (unpaired) electrons. The van der Waals surface area contributed by atoms with Gasteiger partial charge in [-0.05, 0) is 70.6 Å². The summed E-state index contributed by atoms with van der Waals surface area (Å²) >= 11 is 0. The van der Waals surface area contributed by atoms with Gasteiger partial charge in [0, 0.05) is 19.3 Å². The smallest absolute Gasteiger partial charge is 0.306 e. The number of carbonyl (C=O) groups is 3. The van der Waals surface area contributed by atoms with Gasteiger partial charge >= 0.3 is 17.9 Å². The molecule has 0 N–H and O–H groups in total. The van der Waals surface area contributed by atoms with Gasteiger partial charge in [-0.25, -0.2) is 0 Å². The molecule has 0 aromatic carbocycles. The molecule has 0 aromatic rings. The van der Waals surface area contributed by atoms with Crippen molar-refractivity contribution in [3.8, 4) is 0 Å². The lowest BCUT2D eigenvalue weighted by atomic mass is 10.0. The maximum Gasteiger partial charge on any atom is 0.306 e. The Hall–Kier alpha value is -3.15. The zero-order valence-corrected chi connectivity index (χ0v) is 45.6. The van der Waals surface area contributed by atoms with Crippen LogP contribution in [-0.2, 0) is 28.6 Å². The van der Waals surface area contributed by atoms with Crippen LogP contribution in [0.25, 0.3) is 0 Å². The summed E-state index contributed by atoms with van der Waals surface area (Å²) in [6.45, 7) is 6.52. The third kappa shape index (κ3) is 55.6. The molecule has 6 nitrogen and oxygen atoms in total. The van der Waals surface area contributed by atoms with Crippen molar-refractivity contribution in [3.05, 3.63) is 72.9 Å². The van der Waals surface area contributed by atoms with Gasteiger partial charge in [-0.3, -0.25) is 14.4 Å². The fourth-order valence-corrected chi connectivity index (χ4v) is 8.33. The van der Waals surface area contributed by atoms with Gasteiger partial charge < -0.3 is 14.2 Å². The van der Waals surface area contributed by atoms with Crippen LogP contribution in [-0.4, -0.2) is 37.2 Å². The van der Waals surface area contributed by atoms with Crippen LogP contribution in [0.5, 0.6) is 0 Å². The standard InChI is InChI=1S/C63H110O6/c1-4-7-10-13-16-19-22-25-27-29-31-32-33-35-36-38-41-44-47-50-53-56-62(65)68-59-60(58-67-61(64)55-52-49-46-43-40-24-21-18-15-12-9-6-3)69-63(66)57-54-51-48-45-42-39-37-34-30-28-26-23-20-17-14-11-8-5-2/h7,10,16,19,25,27,31-32,35-36,41,44,60H,4-6,8-9,11-15,17-18,20-24,26,28-30,33-34,37-40,42-43,45-59H2,1-3H3/b10-7-,19-16-,27-25-,32-31-,36-35-,44-41-. The SMILES string of the molecule is CC/C=C\C/C=C\C/C=C\C/C=C\C/C=C\C/C=C\CCCCC(=O)OCC(COC(=O)CCCCCCCCCCCCCC)OC(=O)CCCCCCCCCCCCCCCCCCCC. The molecule has 0 saturated carbocycles. The lowest BCUT2D eigenvalue weighted by Crippen LogP contribution is -2.30. The van der Waals surface area contributed by atoms with E-state index in [0.29, 0.717) is 19.3 Å². The minimum absolute atomic E-state index is 0.0854. The van der Waals surface area contributed by atoms with Gasteiger partial charge in [-0.1, -0.05) is 273 Å². The predicted molar refractivity (Wildman–Crippen MR) is 298 cm³/mol. The number of esters is 3. The highest BCUT2D eigenvalue weighted by Crippen LogP contribution is 2.16. The third-order valence-electron chi connectivity index (χ3n) is 12.7. The first kappa shape index (κ1) is 65.8. The van der Waals surface area contributed by atoms with Crippen molar-refractivity contribution < 1.29 is 28.6 Å². The van der Waals surface area contributed by atoms with Gasteiger partial charge in [0.1, 0.15) is 13.2 Å². The lowest BCUT2D eigenvalue weighted by Gasteiger charge is -2.18. The van der Waals surface area contributed by atoms with Crippen LogP contribution < -0.4 is 0 Å². The molecular weight excluding hydrogens is 853 g/mol. The van der Waals surface area contributed by atoms with Gasteiger partial charge in [-0.2, -0.15) is 0 Å². The summed E-state index contributed by atoms with van der Waals surface area (Å²) in [5, 5.41) is 0. The van der Waals surface area contributed by atoms with E-state index < -0.39 is 6.10 Å². The number of hydrogen-bond donors (Lipinski definition) is 0. The van der Waals surface area contributed by atoms with E-state index in [9.17, 15) is 14.4 Å². The van der Waals surface area contributed by atoms with Gasteiger partial charge in [0.2, 0.25) is 0 Å². The minimum Gasteiger partial charge on any atom is -0.462 e. The van der Waals surface area contributed by atoms with Gasteiger partial charge in [-0.15, -0.1) is 0 Å². The molecule has 6 heteroatoms. The van der Waals surface area contributed by atoms with Crippen molar-refractivity contribution in [2.75, 3.05) is 13.2 Å². The van der Waals surface area contributed by atoms with Crippen LogP contribution in [0.3, 0.4) is 0 Å². The molecule has 398 valence electrons. The molecule has 0 fully saturated rings.